The molecule has 4 rings (SSSR count). The van der Waals surface area contributed by atoms with Crippen molar-refractivity contribution in [3.63, 3.8) is 0 Å². The Morgan fingerprint density at radius 3 is 2.14 bits per heavy atom. The number of nitrogens with one attached hydrogen (secondary N) is 2. The van der Waals surface area contributed by atoms with Crippen LogP contribution >= 0.6 is 0 Å². The van der Waals surface area contributed by atoms with Crippen molar-refractivity contribution in [2.24, 2.45) is 0 Å². The molecule has 1 heterocycles. The molecular formula is C30H24N4O3. The zero-order chi connectivity index (χ0) is 26.2. The summed E-state index contributed by atoms with van der Waals surface area (Å²) in [5, 5.41) is 10.0. The minimum Gasteiger partial charge on any atom is -0.408 e. The van der Waals surface area contributed by atoms with E-state index in [-0.39, 0.29) is 5.91 Å². The van der Waals surface area contributed by atoms with Crippen LogP contribution in [0.3, 0.4) is 0 Å². The molecule has 0 aliphatic carbocycles. The highest BCUT2D eigenvalue weighted by Gasteiger charge is 2.14. The zero-order valence-corrected chi connectivity index (χ0v) is 20.2. The number of hydrogen-bond acceptors (Lipinski definition) is 4. The quantitative estimate of drug-likeness (QED) is 0.360. The van der Waals surface area contributed by atoms with E-state index in [1.54, 1.807) is 19.2 Å². The van der Waals surface area contributed by atoms with E-state index < -0.39 is 5.91 Å². The van der Waals surface area contributed by atoms with Gasteiger partial charge >= 0.3 is 0 Å². The molecule has 0 fully saturated rings. The predicted molar refractivity (Wildman–Crippen MR) is 144 cm³/mol. The summed E-state index contributed by atoms with van der Waals surface area (Å²) < 4.78 is 6.89. The molecule has 7 heteroatoms. The highest BCUT2D eigenvalue weighted by atomic mass is 16.5. The van der Waals surface area contributed by atoms with Gasteiger partial charge in [0.2, 0.25) is 5.91 Å². The molecule has 37 heavy (non-hydrogen) atoms. The number of hydrogen-bond donors (Lipinski definition) is 2. The van der Waals surface area contributed by atoms with Gasteiger partial charge in [-0.2, -0.15) is 5.10 Å². The maximum absolute atomic E-state index is 11.8. The van der Waals surface area contributed by atoms with Crippen molar-refractivity contribution in [3.05, 3.63) is 84.6 Å². The molecule has 0 radical (unpaired) electrons. The van der Waals surface area contributed by atoms with Crippen molar-refractivity contribution in [1.82, 2.24) is 15.1 Å². The van der Waals surface area contributed by atoms with Gasteiger partial charge in [0, 0.05) is 31.1 Å². The first-order valence-electron chi connectivity index (χ1n) is 11.5. The molecule has 0 bridgehead atoms. The van der Waals surface area contributed by atoms with Gasteiger partial charge in [0.05, 0.1) is 17.1 Å². The average molecular weight is 489 g/mol. The summed E-state index contributed by atoms with van der Waals surface area (Å²) in [7, 11) is 1.62. The Morgan fingerprint density at radius 1 is 0.919 bits per heavy atom. The number of aryl methyl sites for hydroxylation is 1. The van der Waals surface area contributed by atoms with Gasteiger partial charge < -0.3 is 15.4 Å². The van der Waals surface area contributed by atoms with Crippen LogP contribution in [0.25, 0.3) is 28.1 Å². The molecule has 2 N–H and O–H groups in total. The standard InChI is InChI=1S/C30H24N4O3/c1-4-29(35)32-24-12-15-26(16-13-24)34-28(20-25(33-34)14-19-30(36)31-3)23-8-6-21(7-9-23)22-10-17-27(18-11-22)37-5-2/h1-2,6-13,15-18,20H,14,19H2,3H3,(H,31,36)(H,32,35). The summed E-state index contributed by atoms with van der Waals surface area (Å²) in [5.41, 5.74) is 6.07. The molecule has 0 saturated heterocycles. The molecule has 0 spiro atoms. The van der Waals surface area contributed by atoms with Crippen LogP contribution in [0.2, 0.25) is 0 Å². The van der Waals surface area contributed by atoms with Crippen molar-refractivity contribution in [3.8, 4) is 58.7 Å². The van der Waals surface area contributed by atoms with Gasteiger partial charge in [-0.1, -0.05) is 42.8 Å². The average Bonchev–Trinajstić information content (AvgIpc) is 3.37. The Hall–Kier alpha value is -5.27. The Kier molecular flexibility index (Phi) is 7.68. The number of amides is 2. The third kappa shape index (κ3) is 6.05. The highest BCUT2D eigenvalue weighted by molar-refractivity contribution is 6.03. The molecular weight excluding hydrogens is 464 g/mol. The lowest BCUT2D eigenvalue weighted by Crippen LogP contribution is -2.18. The monoisotopic (exact) mass is 488 g/mol. The van der Waals surface area contributed by atoms with Crippen molar-refractivity contribution in [1.29, 1.82) is 0 Å². The second-order valence-corrected chi connectivity index (χ2v) is 8.07. The molecule has 182 valence electrons. The first-order valence-corrected chi connectivity index (χ1v) is 11.5. The van der Waals surface area contributed by atoms with Crippen molar-refractivity contribution >= 4 is 17.5 Å². The van der Waals surface area contributed by atoms with Gasteiger partial charge in [0.15, 0.2) is 0 Å². The first-order chi connectivity index (χ1) is 18.0. The molecule has 0 aliphatic rings. The van der Waals surface area contributed by atoms with Crippen LogP contribution in [-0.4, -0.2) is 28.6 Å². The number of carbonyl (C=O) groups excluding carboxylic acids is 2. The topological polar surface area (TPSA) is 85.2 Å². The van der Waals surface area contributed by atoms with E-state index in [1.807, 2.05) is 77.3 Å². The van der Waals surface area contributed by atoms with E-state index in [0.717, 1.165) is 33.8 Å². The van der Waals surface area contributed by atoms with E-state index in [9.17, 15) is 9.59 Å². The number of anilines is 1. The molecule has 3 aromatic carbocycles. The first kappa shape index (κ1) is 24.8. The maximum atomic E-state index is 11.8. The molecule has 4 aromatic rings. The smallest absolute Gasteiger partial charge is 0.300 e. The summed E-state index contributed by atoms with van der Waals surface area (Å²) >= 11 is 0. The van der Waals surface area contributed by atoms with Crippen LogP contribution < -0.4 is 15.4 Å². The van der Waals surface area contributed by atoms with Crippen molar-refractivity contribution in [2.45, 2.75) is 12.8 Å². The third-order valence-electron chi connectivity index (χ3n) is 5.69. The largest absolute Gasteiger partial charge is 0.408 e. The van der Waals surface area contributed by atoms with E-state index in [2.05, 4.69) is 16.7 Å². The second-order valence-electron chi connectivity index (χ2n) is 8.07. The van der Waals surface area contributed by atoms with E-state index >= 15 is 0 Å². The van der Waals surface area contributed by atoms with Gasteiger partial charge in [-0.3, -0.25) is 9.59 Å². The van der Waals surface area contributed by atoms with E-state index in [1.165, 1.54) is 0 Å². The molecule has 0 atom stereocenters. The molecule has 2 amide bonds. The van der Waals surface area contributed by atoms with Crippen LogP contribution in [0.15, 0.2) is 78.9 Å². The Morgan fingerprint density at radius 2 is 1.54 bits per heavy atom. The van der Waals surface area contributed by atoms with Crippen LogP contribution in [0.4, 0.5) is 5.69 Å². The number of nitrogens with zero attached hydrogens (tertiary/aromatic N) is 2. The highest BCUT2D eigenvalue weighted by Crippen LogP contribution is 2.29. The lowest BCUT2D eigenvalue weighted by molar-refractivity contribution is -0.120. The number of benzene rings is 3. The number of rotatable bonds is 8. The third-order valence-corrected chi connectivity index (χ3v) is 5.69. The van der Waals surface area contributed by atoms with Gasteiger partial charge in [0.1, 0.15) is 11.9 Å². The molecule has 0 aliphatic heterocycles. The SMILES string of the molecule is C#COc1ccc(-c2ccc(-c3cc(CCC(=O)NC)nn3-c3ccc(NC(=O)C#C)cc3)cc2)cc1. The van der Waals surface area contributed by atoms with Crippen LogP contribution in [0.5, 0.6) is 5.75 Å². The summed E-state index contributed by atoms with van der Waals surface area (Å²) in [4.78, 5) is 23.3. The Labute approximate surface area is 215 Å². The number of terminal acetylenes is 2. The zero-order valence-electron chi connectivity index (χ0n) is 20.2. The van der Waals surface area contributed by atoms with Crippen molar-refractivity contribution in [2.75, 3.05) is 12.4 Å². The number of carbonyl (C=O) groups is 2. The maximum Gasteiger partial charge on any atom is 0.300 e. The fourth-order valence-electron chi connectivity index (χ4n) is 3.79. The number of ether oxygens (including phenoxy) is 1. The fraction of sp³-hybridized carbons (Fsp3) is 0.100. The summed E-state index contributed by atoms with van der Waals surface area (Å²) in [6.07, 6.45) is 13.3. The van der Waals surface area contributed by atoms with Gasteiger partial charge in [-0.15, -0.1) is 6.42 Å². The van der Waals surface area contributed by atoms with Crippen LogP contribution in [-0.2, 0) is 16.0 Å². The molecule has 0 unspecified atom stereocenters. The lowest BCUT2D eigenvalue weighted by Gasteiger charge is -2.10. The predicted octanol–water partition coefficient (Wildman–Crippen LogP) is 4.43. The van der Waals surface area contributed by atoms with E-state index in [4.69, 9.17) is 22.7 Å². The second kappa shape index (κ2) is 11.4. The van der Waals surface area contributed by atoms with Gasteiger partial charge in [-0.05, 0) is 59.5 Å². The Balaban J connectivity index is 1.65. The normalized spacial score (nSPS) is 10.1. The Bertz CT molecular complexity index is 1490. The van der Waals surface area contributed by atoms with Crippen molar-refractivity contribution < 1.29 is 14.3 Å². The van der Waals surface area contributed by atoms with Crippen LogP contribution in [0, 0.1) is 24.9 Å². The number of aromatic nitrogens is 2. The fourth-order valence-corrected chi connectivity index (χ4v) is 3.79. The van der Waals surface area contributed by atoms with Crippen LogP contribution in [0.1, 0.15) is 12.1 Å². The lowest BCUT2D eigenvalue weighted by atomic mass is 10.0. The minimum atomic E-state index is -0.512. The molecule has 7 nitrogen and oxygen atoms in total. The summed E-state index contributed by atoms with van der Waals surface area (Å²) in [5.74, 6) is 2.08. The van der Waals surface area contributed by atoms with Gasteiger partial charge in [0.25, 0.3) is 5.91 Å². The molecule has 0 saturated carbocycles. The molecule has 1 aromatic heterocycles. The summed E-state index contributed by atoms with van der Waals surface area (Å²) in [6.45, 7) is 0. The summed E-state index contributed by atoms with van der Waals surface area (Å²) in [6, 6.07) is 24.9. The van der Waals surface area contributed by atoms with Gasteiger partial charge in [-0.25, -0.2) is 4.68 Å². The van der Waals surface area contributed by atoms with E-state index in [0.29, 0.717) is 24.3 Å². The minimum absolute atomic E-state index is 0.0484.